The van der Waals surface area contributed by atoms with E-state index in [0.29, 0.717) is 25.3 Å². The van der Waals surface area contributed by atoms with Crippen LogP contribution in [-0.4, -0.2) is 47.2 Å². The fourth-order valence-corrected chi connectivity index (χ4v) is 3.89. The summed E-state index contributed by atoms with van der Waals surface area (Å²) in [5.41, 5.74) is 1.66. The Hall–Kier alpha value is -2.74. The van der Waals surface area contributed by atoms with Crippen LogP contribution in [-0.2, 0) is 12.7 Å². The van der Waals surface area contributed by atoms with Gasteiger partial charge in [-0.2, -0.15) is 13.2 Å². The number of alkyl halides is 3. The molecule has 1 aromatic heterocycles. The molecule has 5 nitrogen and oxygen atoms in total. The van der Waals surface area contributed by atoms with E-state index in [2.05, 4.69) is 9.88 Å². The highest BCUT2D eigenvalue weighted by Crippen LogP contribution is 2.31. The summed E-state index contributed by atoms with van der Waals surface area (Å²) < 4.78 is 40.5. The third-order valence-electron chi connectivity index (χ3n) is 5.45. The molecule has 0 atom stereocenters. The van der Waals surface area contributed by atoms with Crippen molar-refractivity contribution in [2.75, 3.05) is 37.6 Å². The van der Waals surface area contributed by atoms with E-state index in [0.717, 1.165) is 43.2 Å². The van der Waals surface area contributed by atoms with Crippen LogP contribution in [0.1, 0.15) is 12.0 Å². The topological polar surface area (TPSA) is 44.3 Å². The van der Waals surface area contributed by atoms with Crippen molar-refractivity contribution in [1.82, 2.24) is 14.5 Å². The van der Waals surface area contributed by atoms with Gasteiger partial charge in [0, 0.05) is 38.4 Å². The standard InChI is InChI=1S/C21H23F3N4O/c22-21(23,24)16-5-3-6-17(15-16)27-13-11-26(12-14-27)9-4-10-28-19-8-2-1-7-18(19)25-20(28)29/h1-3,5-8,15H,4,9-14H2,(H,25,29). The molecular formula is C21H23F3N4O. The Morgan fingerprint density at radius 2 is 1.69 bits per heavy atom. The molecule has 1 fully saturated rings. The summed E-state index contributed by atoms with van der Waals surface area (Å²) in [4.78, 5) is 19.3. The summed E-state index contributed by atoms with van der Waals surface area (Å²) in [5.74, 6) is 0. The van der Waals surface area contributed by atoms with Crippen LogP contribution in [0.25, 0.3) is 11.0 Å². The second-order valence-electron chi connectivity index (χ2n) is 7.33. The van der Waals surface area contributed by atoms with Crippen molar-refractivity contribution in [2.24, 2.45) is 0 Å². The largest absolute Gasteiger partial charge is 0.416 e. The van der Waals surface area contributed by atoms with Gasteiger partial charge in [-0.1, -0.05) is 18.2 Å². The minimum atomic E-state index is -4.32. The lowest BCUT2D eigenvalue weighted by atomic mass is 10.1. The predicted molar refractivity (Wildman–Crippen MR) is 107 cm³/mol. The minimum Gasteiger partial charge on any atom is -0.369 e. The van der Waals surface area contributed by atoms with E-state index >= 15 is 0 Å². The lowest BCUT2D eigenvalue weighted by Crippen LogP contribution is -2.46. The van der Waals surface area contributed by atoms with Crippen molar-refractivity contribution in [2.45, 2.75) is 19.1 Å². The van der Waals surface area contributed by atoms with Crippen LogP contribution in [0.3, 0.4) is 0 Å². The molecule has 8 heteroatoms. The van der Waals surface area contributed by atoms with Gasteiger partial charge in [0.25, 0.3) is 0 Å². The second-order valence-corrected chi connectivity index (χ2v) is 7.33. The molecule has 0 bridgehead atoms. The average Bonchev–Trinajstić information content (AvgIpc) is 3.03. The van der Waals surface area contributed by atoms with E-state index in [-0.39, 0.29) is 5.69 Å². The molecular weight excluding hydrogens is 381 g/mol. The highest BCUT2D eigenvalue weighted by atomic mass is 19.4. The van der Waals surface area contributed by atoms with Crippen LogP contribution in [0.2, 0.25) is 0 Å². The highest BCUT2D eigenvalue weighted by Gasteiger charge is 2.31. The molecule has 4 rings (SSSR count). The Kier molecular flexibility index (Phi) is 5.36. The van der Waals surface area contributed by atoms with Crippen LogP contribution >= 0.6 is 0 Å². The number of rotatable bonds is 5. The van der Waals surface area contributed by atoms with Crippen LogP contribution in [0.4, 0.5) is 18.9 Å². The third kappa shape index (κ3) is 4.32. The van der Waals surface area contributed by atoms with Crippen LogP contribution in [0, 0.1) is 0 Å². The van der Waals surface area contributed by atoms with Crippen molar-refractivity contribution < 1.29 is 13.2 Å². The molecule has 0 amide bonds. The maximum atomic E-state index is 12.9. The van der Waals surface area contributed by atoms with Gasteiger partial charge < -0.3 is 9.88 Å². The second kappa shape index (κ2) is 7.94. The average molecular weight is 404 g/mol. The molecule has 2 aromatic carbocycles. The van der Waals surface area contributed by atoms with E-state index in [9.17, 15) is 18.0 Å². The number of aryl methyl sites for hydroxylation is 1. The number of imidazole rings is 1. The van der Waals surface area contributed by atoms with E-state index in [1.807, 2.05) is 29.2 Å². The minimum absolute atomic E-state index is 0.0967. The van der Waals surface area contributed by atoms with E-state index < -0.39 is 11.7 Å². The van der Waals surface area contributed by atoms with Crippen molar-refractivity contribution in [3.63, 3.8) is 0 Å². The Balaban J connectivity index is 1.30. The van der Waals surface area contributed by atoms with Crippen molar-refractivity contribution in [3.05, 3.63) is 64.6 Å². The number of halogens is 3. The number of nitrogens with one attached hydrogen (secondary N) is 1. The first-order valence-electron chi connectivity index (χ1n) is 9.74. The fraction of sp³-hybridized carbons (Fsp3) is 0.381. The van der Waals surface area contributed by atoms with Crippen LogP contribution < -0.4 is 10.6 Å². The first-order valence-corrected chi connectivity index (χ1v) is 9.74. The Morgan fingerprint density at radius 3 is 2.45 bits per heavy atom. The normalized spacial score (nSPS) is 15.9. The van der Waals surface area contributed by atoms with Crippen molar-refractivity contribution in [3.8, 4) is 0 Å². The molecule has 1 aliphatic rings. The fourth-order valence-electron chi connectivity index (χ4n) is 3.89. The van der Waals surface area contributed by atoms with Gasteiger partial charge in [0.2, 0.25) is 0 Å². The van der Waals surface area contributed by atoms with Gasteiger partial charge in [0.1, 0.15) is 0 Å². The number of anilines is 1. The number of hydrogen-bond donors (Lipinski definition) is 1. The van der Waals surface area contributed by atoms with E-state index in [4.69, 9.17) is 0 Å². The molecule has 0 saturated carbocycles. The molecule has 0 radical (unpaired) electrons. The molecule has 154 valence electrons. The SMILES string of the molecule is O=c1[nH]c2ccccc2n1CCCN1CCN(c2cccc(C(F)(F)F)c2)CC1. The quantitative estimate of drug-likeness (QED) is 0.707. The van der Waals surface area contributed by atoms with E-state index in [1.165, 1.54) is 12.1 Å². The molecule has 1 aliphatic heterocycles. The molecule has 1 saturated heterocycles. The number of para-hydroxylation sites is 2. The number of benzene rings is 2. The zero-order valence-electron chi connectivity index (χ0n) is 16.0. The van der Waals surface area contributed by atoms with Gasteiger partial charge in [-0.15, -0.1) is 0 Å². The predicted octanol–water partition coefficient (Wildman–Crippen LogP) is 3.56. The van der Waals surface area contributed by atoms with Crippen molar-refractivity contribution >= 4 is 16.7 Å². The maximum Gasteiger partial charge on any atom is 0.416 e. The van der Waals surface area contributed by atoms with Crippen LogP contribution in [0.15, 0.2) is 53.3 Å². The number of nitrogens with zero attached hydrogens (tertiary/aromatic N) is 3. The molecule has 2 heterocycles. The van der Waals surface area contributed by atoms with E-state index in [1.54, 1.807) is 10.6 Å². The smallest absolute Gasteiger partial charge is 0.369 e. The molecule has 0 aliphatic carbocycles. The molecule has 29 heavy (non-hydrogen) atoms. The van der Waals surface area contributed by atoms with Gasteiger partial charge in [0.05, 0.1) is 16.6 Å². The summed E-state index contributed by atoms with van der Waals surface area (Å²) in [7, 11) is 0. The summed E-state index contributed by atoms with van der Waals surface area (Å²) in [6.07, 6.45) is -3.48. The number of hydrogen-bond acceptors (Lipinski definition) is 3. The molecule has 0 spiro atoms. The van der Waals surface area contributed by atoms with Gasteiger partial charge in [-0.25, -0.2) is 4.79 Å². The number of aromatic amines is 1. The van der Waals surface area contributed by atoms with Gasteiger partial charge >= 0.3 is 11.9 Å². The summed E-state index contributed by atoms with van der Waals surface area (Å²) in [6, 6.07) is 13.1. The zero-order valence-corrected chi connectivity index (χ0v) is 16.0. The zero-order chi connectivity index (χ0) is 20.4. The van der Waals surface area contributed by atoms with Gasteiger partial charge in [-0.3, -0.25) is 9.47 Å². The molecule has 0 unspecified atom stereocenters. The number of fused-ring (bicyclic) bond motifs is 1. The van der Waals surface area contributed by atoms with Gasteiger partial charge in [-0.05, 0) is 43.3 Å². The number of aromatic nitrogens is 2. The summed E-state index contributed by atoms with van der Waals surface area (Å²) >= 11 is 0. The Morgan fingerprint density at radius 1 is 0.931 bits per heavy atom. The third-order valence-corrected chi connectivity index (χ3v) is 5.45. The lowest BCUT2D eigenvalue weighted by Gasteiger charge is -2.36. The first kappa shape index (κ1) is 19.6. The lowest BCUT2D eigenvalue weighted by molar-refractivity contribution is -0.137. The number of piperazine rings is 1. The molecule has 3 aromatic rings. The van der Waals surface area contributed by atoms with Crippen molar-refractivity contribution in [1.29, 1.82) is 0 Å². The Bertz CT molecular complexity index is 1030. The van der Waals surface area contributed by atoms with Gasteiger partial charge in [0.15, 0.2) is 0 Å². The summed E-state index contributed by atoms with van der Waals surface area (Å²) in [6.45, 7) is 4.44. The summed E-state index contributed by atoms with van der Waals surface area (Å²) in [5, 5.41) is 0. The highest BCUT2D eigenvalue weighted by molar-refractivity contribution is 5.74. The Labute approximate surface area is 166 Å². The molecule has 1 N–H and O–H groups in total. The van der Waals surface area contributed by atoms with Crippen LogP contribution in [0.5, 0.6) is 0 Å². The number of H-pyrrole nitrogens is 1. The first-order chi connectivity index (χ1) is 13.9. The monoisotopic (exact) mass is 404 g/mol. The maximum absolute atomic E-state index is 12.9.